The summed E-state index contributed by atoms with van der Waals surface area (Å²) < 4.78 is 38.9. The molecule has 0 aromatic carbocycles. The van der Waals surface area contributed by atoms with Crippen molar-refractivity contribution in [3.8, 4) is 0 Å². The molecule has 1 amide bonds. The van der Waals surface area contributed by atoms with Gasteiger partial charge in [0.1, 0.15) is 0 Å². The highest BCUT2D eigenvalue weighted by Gasteiger charge is 2.39. The Bertz CT molecular complexity index is 474. The van der Waals surface area contributed by atoms with E-state index in [1.165, 1.54) is 4.90 Å². The van der Waals surface area contributed by atoms with E-state index in [1.54, 1.807) is 0 Å². The third kappa shape index (κ3) is 2.99. The number of rotatable bonds is 3. The Morgan fingerprint density at radius 1 is 1.32 bits per heavy atom. The van der Waals surface area contributed by atoms with Crippen LogP contribution in [0.4, 0.5) is 13.2 Å². The molecule has 106 valence electrons. The highest BCUT2D eigenvalue weighted by molar-refractivity contribution is 6.17. The maximum atomic E-state index is 12.6. The van der Waals surface area contributed by atoms with Crippen LogP contribution in [0.2, 0.25) is 0 Å². The average molecular weight is 297 g/mol. The van der Waals surface area contributed by atoms with Crippen LogP contribution in [0.25, 0.3) is 0 Å². The fraction of sp³-hybridized carbons (Fsp3) is 0.700. The van der Waals surface area contributed by atoms with E-state index in [0.29, 0.717) is 18.7 Å². The molecule has 0 atom stereocenters. The van der Waals surface area contributed by atoms with Crippen molar-refractivity contribution >= 4 is 17.5 Å². The number of carbonyl (C=O) groups excluding carboxylic acids is 1. The first-order valence-electron chi connectivity index (χ1n) is 5.76. The first kappa shape index (κ1) is 14.1. The molecule has 0 aliphatic carbocycles. The van der Waals surface area contributed by atoms with Gasteiger partial charge in [0.05, 0.1) is 6.54 Å². The van der Waals surface area contributed by atoms with E-state index in [9.17, 15) is 18.0 Å². The van der Waals surface area contributed by atoms with Crippen LogP contribution in [0, 0.1) is 0 Å². The van der Waals surface area contributed by atoms with Crippen LogP contribution in [0.3, 0.4) is 0 Å². The van der Waals surface area contributed by atoms with E-state index >= 15 is 0 Å². The van der Waals surface area contributed by atoms with Gasteiger partial charge in [0.2, 0.25) is 11.7 Å². The normalized spacial score (nSPS) is 15.5. The number of halogens is 4. The van der Waals surface area contributed by atoms with Crippen molar-refractivity contribution in [1.29, 1.82) is 0 Å². The fourth-order valence-corrected chi connectivity index (χ4v) is 2.09. The van der Waals surface area contributed by atoms with Gasteiger partial charge in [0.25, 0.3) is 0 Å². The first-order chi connectivity index (χ1) is 8.93. The van der Waals surface area contributed by atoms with E-state index in [4.69, 9.17) is 11.6 Å². The summed E-state index contributed by atoms with van der Waals surface area (Å²) in [6.07, 6.45) is -3.67. The van der Waals surface area contributed by atoms with Gasteiger partial charge < -0.3 is 9.47 Å². The molecule has 2 heterocycles. The molecule has 0 bridgehead atoms. The molecular weight excluding hydrogens is 285 g/mol. The number of nitrogens with zero attached hydrogens (tertiary/aromatic N) is 4. The summed E-state index contributed by atoms with van der Waals surface area (Å²) in [6.45, 7) is 0.350. The molecule has 1 aliphatic rings. The summed E-state index contributed by atoms with van der Waals surface area (Å²) in [7, 11) is 0. The molecular formula is C10H12ClF3N4O. The van der Waals surface area contributed by atoms with E-state index in [0.717, 1.165) is 4.57 Å². The fourth-order valence-electron chi connectivity index (χ4n) is 1.96. The third-order valence-corrected chi connectivity index (χ3v) is 3.15. The molecule has 1 aromatic rings. The van der Waals surface area contributed by atoms with E-state index in [1.807, 2.05) is 0 Å². The predicted octanol–water partition coefficient (Wildman–Crippen LogP) is 1.66. The lowest BCUT2D eigenvalue weighted by atomic mass is 10.2. The van der Waals surface area contributed by atoms with Gasteiger partial charge in [-0.25, -0.2) is 0 Å². The summed E-state index contributed by atoms with van der Waals surface area (Å²) in [6, 6.07) is 0. The van der Waals surface area contributed by atoms with Crippen LogP contribution >= 0.6 is 11.6 Å². The van der Waals surface area contributed by atoms with Gasteiger partial charge in [-0.05, 0) is 6.42 Å². The smallest absolute Gasteiger partial charge is 0.333 e. The topological polar surface area (TPSA) is 51.0 Å². The van der Waals surface area contributed by atoms with Gasteiger partial charge in [-0.2, -0.15) is 13.2 Å². The maximum Gasteiger partial charge on any atom is 0.451 e. The number of hydrogen-bond donors (Lipinski definition) is 0. The molecule has 0 radical (unpaired) electrons. The van der Waals surface area contributed by atoms with Crippen molar-refractivity contribution < 1.29 is 18.0 Å². The lowest BCUT2D eigenvalue weighted by molar-refractivity contribution is -0.148. The molecule has 0 saturated carbocycles. The minimum absolute atomic E-state index is 0.0593. The minimum atomic E-state index is -4.52. The molecule has 9 heteroatoms. The molecule has 1 aliphatic heterocycles. The average Bonchev–Trinajstić information content (AvgIpc) is 2.78. The molecule has 0 N–H and O–H groups in total. The Labute approximate surface area is 112 Å². The van der Waals surface area contributed by atoms with E-state index < -0.39 is 12.0 Å². The largest absolute Gasteiger partial charge is 0.451 e. The van der Waals surface area contributed by atoms with Crippen LogP contribution in [0.15, 0.2) is 0 Å². The number of amides is 1. The highest BCUT2D eigenvalue weighted by Crippen LogP contribution is 2.29. The SMILES string of the molecule is O=C(CCCCl)N1CCn2c(nnc2C(F)(F)F)C1. The van der Waals surface area contributed by atoms with Crippen molar-refractivity contribution in [2.75, 3.05) is 12.4 Å². The van der Waals surface area contributed by atoms with Crippen LogP contribution in [-0.2, 0) is 24.1 Å². The lowest BCUT2D eigenvalue weighted by Crippen LogP contribution is -2.39. The second-order valence-corrected chi connectivity index (χ2v) is 4.58. The van der Waals surface area contributed by atoms with E-state index in [2.05, 4.69) is 10.2 Å². The zero-order valence-electron chi connectivity index (χ0n) is 9.95. The zero-order valence-corrected chi connectivity index (χ0v) is 10.7. The first-order valence-corrected chi connectivity index (χ1v) is 6.30. The molecule has 19 heavy (non-hydrogen) atoms. The molecule has 2 rings (SSSR count). The minimum Gasteiger partial charge on any atom is -0.333 e. The molecule has 0 fully saturated rings. The van der Waals surface area contributed by atoms with Crippen molar-refractivity contribution in [2.24, 2.45) is 0 Å². The lowest BCUT2D eigenvalue weighted by Gasteiger charge is -2.28. The van der Waals surface area contributed by atoms with Crippen LogP contribution < -0.4 is 0 Å². The summed E-state index contributed by atoms with van der Waals surface area (Å²) in [5.41, 5.74) is 0. The van der Waals surface area contributed by atoms with Gasteiger partial charge in [-0.3, -0.25) is 4.79 Å². The van der Waals surface area contributed by atoms with Gasteiger partial charge in [-0.15, -0.1) is 21.8 Å². The Morgan fingerprint density at radius 3 is 2.68 bits per heavy atom. The third-order valence-electron chi connectivity index (χ3n) is 2.88. The van der Waals surface area contributed by atoms with Crippen molar-refractivity contribution in [1.82, 2.24) is 19.7 Å². The quantitative estimate of drug-likeness (QED) is 0.797. The zero-order chi connectivity index (χ0) is 14.0. The van der Waals surface area contributed by atoms with Crippen LogP contribution in [0.5, 0.6) is 0 Å². The molecule has 0 spiro atoms. The van der Waals surface area contributed by atoms with E-state index in [-0.39, 0.29) is 31.4 Å². The van der Waals surface area contributed by atoms with Gasteiger partial charge >= 0.3 is 6.18 Å². The monoisotopic (exact) mass is 296 g/mol. The molecule has 0 unspecified atom stereocenters. The summed E-state index contributed by atoms with van der Waals surface area (Å²) in [5.74, 6) is -0.579. The summed E-state index contributed by atoms with van der Waals surface area (Å²) in [5, 5.41) is 6.66. The Balaban J connectivity index is 2.09. The number of aromatic nitrogens is 3. The Hall–Kier alpha value is -1.31. The standard InChI is InChI=1S/C10H12ClF3N4O/c11-3-1-2-8(19)17-4-5-18-7(6-17)15-16-9(18)10(12,13)14/h1-6H2. The molecule has 0 saturated heterocycles. The van der Waals surface area contributed by atoms with Crippen LogP contribution in [-0.4, -0.2) is 38.0 Å². The Kier molecular flexibility index (Phi) is 3.98. The van der Waals surface area contributed by atoms with Crippen molar-refractivity contribution in [3.63, 3.8) is 0 Å². The van der Waals surface area contributed by atoms with Gasteiger partial charge in [0.15, 0.2) is 5.82 Å². The molecule has 1 aromatic heterocycles. The second-order valence-electron chi connectivity index (χ2n) is 4.20. The highest BCUT2D eigenvalue weighted by atomic mass is 35.5. The number of hydrogen-bond acceptors (Lipinski definition) is 3. The summed E-state index contributed by atoms with van der Waals surface area (Å²) >= 11 is 5.50. The summed E-state index contributed by atoms with van der Waals surface area (Å²) in [4.78, 5) is 13.2. The number of fused-ring (bicyclic) bond motifs is 1. The number of alkyl halides is 4. The predicted molar refractivity (Wildman–Crippen MR) is 60.4 cm³/mol. The second kappa shape index (κ2) is 5.36. The Morgan fingerprint density at radius 2 is 2.05 bits per heavy atom. The van der Waals surface area contributed by atoms with Crippen LogP contribution in [0.1, 0.15) is 24.5 Å². The van der Waals surface area contributed by atoms with Crippen molar-refractivity contribution in [2.45, 2.75) is 32.1 Å². The molecule has 5 nitrogen and oxygen atoms in total. The van der Waals surface area contributed by atoms with Gasteiger partial charge in [0, 0.05) is 25.4 Å². The van der Waals surface area contributed by atoms with Crippen molar-refractivity contribution in [3.05, 3.63) is 11.6 Å². The maximum absolute atomic E-state index is 12.6. The van der Waals surface area contributed by atoms with Gasteiger partial charge in [-0.1, -0.05) is 0 Å². The number of carbonyl (C=O) groups is 1.